The van der Waals surface area contributed by atoms with Gasteiger partial charge in [-0.05, 0) is 20.8 Å². The Morgan fingerprint density at radius 2 is 2.22 bits per heavy atom. The Labute approximate surface area is 114 Å². The molecule has 0 aliphatic rings. The monoisotopic (exact) mass is 288 g/mol. The van der Waals surface area contributed by atoms with Gasteiger partial charge in [-0.1, -0.05) is 0 Å². The average Bonchev–Trinajstić information content (AvgIpc) is 2.63. The van der Waals surface area contributed by atoms with Crippen LogP contribution < -0.4 is 5.32 Å². The number of aromatic nitrogens is 1. The van der Waals surface area contributed by atoms with E-state index in [0.717, 1.165) is 10.7 Å². The first-order valence-corrected chi connectivity index (χ1v) is 7.38. The second-order valence-corrected chi connectivity index (χ2v) is 6.38. The highest BCUT2D eigenvalue weighted by atomic mass is 32.2. The van der Waals surface area contributed by atoms with Crippen molar-refractivity contribution in [1.29, 1.82) is 0 Å². The molecule has 0 unspecified atom stereocenters. The fourth-order valence-corrected chi connectivity index (χ4v) is 2.60. The topological polar surface area (TPSA) is 79.3 Å². The molecule has 1 aromatic rings. The molecule has 1 aromatic heterocycles. The number of thiazole rings is 1. The molecule has 0 aromatic carbocycles. The predicted octanol–water partition coefficient (Wildman–Crippen LogP) is 1.66. The number of carbonyl (C=O) groups is 2. The summed E-state index contributed by atoms with van der Waals surface area (Å²) in [5.74, 6) is -0.436. The number of carboxylic acid groups (broad SMARTS) is 1. The van der Waals surface area contributed by atoms with E-state index in [0.29, 0.717) is 5.75 Å². The van der Waals surface area contributed by atoms with E-state index in [1.165, 1.54) is 25.6 Å². The van der Waals surface area contributed by atoms with Crippen LogP contribution in [0.3, 0.4) is 0 Å². The van der Waals surface area contributed by atoms with Crippen LogP contribution >= 0.6 is 23.1 Å². The van der Waals surface area contributed by atoms with Crippen LogP contribution in [0.15, 0.2) is 5.38 Å². The Hall–Kier alpha value is -1.08. The lowest BCUT2D eigenvalue weighted by atomic mass is 10.1. The quantitative estimate of drug-likeness (QED) is 0.832. The van der Waals surface area contributed by atoms with Crippen LogP contribution in [0.1, 0.15) is 24.5 Å². The molecule has 0 bridgehead atoms. The highest BCUT2D eigenvalue weighted by Gasteiger charge is 2.28. The number of hydrogen-bond donors (Lipinski definition) is 2. The highest BCUT2D eigenvalue weighted by Crippen LogP contribution is 2.15. The first-order chi connectivity index (χ1) is 8.31. The molecular formula is C11H16N2O3S2. The second kappa shape index (κ2) is 6.19. The summed E-state index contributed by atoms with van der Waals surface area (Å²) in [6.45, 7) is 4.85. The summed E-state index contributed by atoms with van der Waals surface area (Å²) in [4.78, 5) is 26.7. The van der Waals surface area contributed by atoms with Crippen LogP contribution in [0.2, 0.25) is 0 Å². The number of carbonyl (C=O) groups excluding carboxylic acids is 1. The van der Waals surface area contributed by atoms with Gasteiger partial charge in [-0.15, -0.1) is 23.1 Å². The van der Waals surface area contributed by atoms with E-state index in [-0.39, 0.29) is 11.7 Å². The number of aliphatic carboxylic acids is 1. The van der Waals surface area contributed by atoms with Gasteiger partial charge in [0, 0.05) is 11.1 Å². The lowest BCUT2D eigenvalue weighted by Gasteiger charge is -2.20. The highest BCUT2D eigenvalue weighted by molar-refractivity contribution is 7.99. The molecule has 7 heteroatoms. The molecule has 18 heavy (non-hydrogen) atoms. The van der Waals surface area contributed by atoms with Gasteiger partial charge in [-0.3, -0.25) is 4.79 Å². The summed E-state index contributed by atoms with van der Waals surface area (Å²) in [6.07, 6.45) is 0. The van der Waals surface area contributed by atoms with E-state index in [4.69, 9.17) is 5.11 Å². The van der Waals surface area contributed by atoms with Crippen molar-refractivity contribution < 1.29 is 14.7 Å². The van der Waals surface area contributed by atoms with Crippen molar-refractivity contribution in [2.45, 2.75) is 32.1 Å². The number of aryl methyl sites for hydroxylation is 1. The van der Waals surface area contributed by atoms with Gasteiger partial charge in [0.05, 0.1) is 16.5 Å². The molecule has 5 nitrogen and oxygen atoms in total. The van der Waals surface area contributed by atoms with Gasteiger partial charge >= 0.3 is 5.97 Å². The molecule has 0 fully saturated rings. The van der Waals surface area contributed by atoms with Crippen LogP contribution in [0.4, 0.5) is 0 Å². The lowest BCUT2D eigenvalue weighted by Crippen LogP contribution is -2.50. The summed E-state index contributed by atoms with van der Waals surface area (Å²) in [6, 6.07) is 0. The summed E-state index contributed by atoms with van der Waals surface area (Å²) < 4.78 is 0. The Bertz CT molecular complexity index is 443. The zero-order chi connectivity index (χ0) is 13.8. The zero-order valence-electron chi connectivity index (χ0n) is 10.5. The zero-order valence-corrected chi connectivity index (χ0v) is 12.2. The molecule has 0 saturated heterocycles. The maximum absolute atomic E-state index is 11.5. The van der Waals surface area contributed by atoms with Crippen LogP contribution in [0.5, 0.6) is 0 Å². The van der Waals surface area contributed by atoms with Crippen LogP contribution in [-0.2, 0) is 15.3 Å². The number of carboxylic acids is 1. The molecule has 1 amide bonds. The van der Waals surface area contributed by atoms with E-state index in [1.54, 1.807) is 11.3 Å². The summed E-state index contributed by atoms with van der Waals surface area (Å²) >= 11 is 2.99. The molecule has 0 saturated carbocycles. The molecule has 0 spiro atoms. The Morgan fingerprint density at radius 1 is 1.56 bits per heavy atom. The molecule has 1 rings (SSSR count). The SMILES string of the molecule is Cc1nc(CSCC(=O)NC(C)(C)C(=O)O)cs1. The minimum absolute atomic E-state index is 0.229. The van der Waals surface area contributed by atoms with Gasteiger partial charge in [-0.2, -0.15) is 0 Å². The second-order valence-electron chi connectivity index (χ2n) is 4.33. The maximum atomic E-state index is 11.5. The van der Waals surface area contributed by atoms with Crippen molar-refractivity contribution in [2.24, 2.45) is 0 Å². The Balaban J connectivity index is 2.32. The third-order valence-corrected chi connectivity index (χ3v) is 3.92. The van der Waals surface area contributed by atoms with E-state index < -0.39 is 11.5 Å². The fourth-order valence-electron chi connectivity index (χ4n) is 1.16. The van der Waals surface area contributed by atoms with Gasteiger partial charge in [-0.25, -0.2) is 9.78 Å². The third-order valence-electron chi connectivity index (χ3n) is 2.14. The molecule has 0 aliphatic heterocycles. The molecule has 0 radical (unpaired) electrons. The molecule has 0 aliphatic carbocycles. The standard InChI is InChI=1S/C11H16N2O3S2/c1-7-12-8(5-18-7)4-17-6-9(14)13-11(2,3)10(15)16/h5H,4,6H2,1-3H3,(H,13,14)(H,15,16). The van der Waals surface area contributed by atoms with Crippen molar-refractivity contribution in [3.05, 3.63) is 16.1 Å². The van der Waals surface area contributed by atoms with Crippen molar-refractivity contribution in [2.75, 3.05) is 5.75 Å². The minimum Gasteiger partial charge on any atom is -0.480 e. The minimum atomic E-state index is -1.23. The van der Waals surface area contributed by atoms with Crippen molar-refractivity contribution in [3.63, 3.8) is 0 Å². The predicted molar refractivity (Wildman–Crippen MR) is 72.9 cm³/mol. The number of rotatable bonds is 6. The summed E-state index contributed by atoms with van der Waals surface area (Å²) in [5, 5.41) is 14.3. The maximum Gasteiger partial charge on any atom is 0.328 e. The molecule has 1 heterocycles. The largest absolute Gasteiger partial charge is 0.480 e. The molecule has 0 atom stereocenters. The Kier molecular flexibility index (Phi) is 5.15. The van der Waals surface area contributed by atoms with Gasteiger partial charge in [0.2, 0.25) is 5.91 Å². The molecule has 100 valence electrons. The first kappa shape index (κ1) is 15.0. The van der Waals surface area contributed by atoms with Gasteiger partial charge in [0.25, 0.3) is 0 Å². The van der Waals surface area contributed by atoms with Crippen molar-refractivity contribution in [1.82, 2.24) is 10.3 Å². The van der Waals surface area contributed by atoms with E-state index in [1.807, 2.05) is 12.3 Å². The number of thioether (sulfide) groups is 1. The van der Waals surface area contributed by atoms with E-state index in [2.05, 4.69) is 10.3 Å². The average molecular weight is 288 g/mol. The third kappa shape index (κ3) is 4.66. The lowest BCUT2D eigenvalue weighted by molar-refractivity contribution is -0.145. The number of amides is 1. The van der Waals surface area contributed by atoms with Crippen LogP contribution in [0, 0.1) is 6.92 Å². The molecular weight excluding hydrogens is 272 g/mol. The van der Waals surface area contributed by atoms with Crippen molar-refractivity contribution >= 4 is 35.0 Å². The fraction of sp³-hybridized carbons (Fsp3) is 0.545. The van der Waals surface area contributed by atoms with Gasteiger partial charge in [0.1, 0.15) is 5.54 Å². The smallest absolute Gasteiger partial charge is 0.328 e. The molecule has 2 N–H and O–H groups in total. The first-order valence-electron chi connectivity index (χ1n) is 5.34. The van der Waals surface area contributed by atoms with E-state index in [9.17, 15) is 9.59 Å². The number of nitrogens with one attached hydrogen (secondary N) is 1. The van der Waals surface area contributed by atoms with Gasteiger partial charge in [0.15, 0.2) is 0 Å². The van der Waals surface area contributed by atoms with Crippen LogP contribution in [0.25, 0.3) is 0 Å². The van der Waals surface area contributed by atoms with Gasteiger partial charge < -0.3 is 10.4 Å². The van der Waals surface area contributed by atoms with Crippen LogP contribution in [-0.4, -0.2) is 33.3 Å². The van der Waals surface area contributed by atoms with Crippen molar-refractivity contribution in [3.8, 4) is 0 Å². The number of nitrogens with zero attached hydrogens (tertiary/aromatic N) is 1. The number of hydrogen-bond acceptors (Lipinski definition) is 5. The normalized spacial score (nSPS) is 11.3. The summed E-state index contributed by atoms with van der Waals surface area (Å²) in [7, 11) is 0. The summed E-state index contributed by atoms with van der Waals surface area (Å²) in [5.41, 5.74) is -0.276. The Morgan fingerprint density at radius 3 is 2.72 bits per heavy atom. The van der Waals surface area contributed by atoms with E-state index >= 15 is 0 Å².